The van der Waals surface area contributed by atoms with Gasteiger partial charge in [-0.1, -0.05) is 0 Å². The number of aromatic amines is 1. The molecule has 0 saturated carbocycles. The zero-order chi connectivity index (χ0) is 26.8. The molecule has 3 aliphatic rings. The number of fused-ring (bicyclic) bond motifs is 2. The highest BCUT2D eigenvalue weighted by Crippen LogP contribution is 2.58. The van der Waals surface area contributed by atoms with E-state index in [0.717, 1.165) is 12.1 Å². The molecule has 3 saturated heterocycles. The number of nitrogens with zero attached hydrogens (tertiary/aromatic N) is 3. The number of nitrogens with two attached hydrogens (primary N) is 1. The highest BCUT2D eigenvalue weighted by atomic mass is 31.2. The maximum absolute atomic E-state index is 13.7. The minimum atomic E-state index is -4.22. The second-order valence-electron chi connectivity index (χ2n) is 9.04. The molecule has 0 spiro atoms. The Hall–Kier alpha value is -3.43. The van der Waals surface area contributed by atoms with Crippen molar-refractivity contribution < 1.29 is 45.9 Å². The lowest BCUT2D eigenvalue weighted by Crippen LogP contribution is -2.42. The number of phosphoric ester groups is 1. The van der Waals surface area contributed by atoms with E-state index in [4.69, 9.17) is 33.5 Å². The van der Waals surface area contributed by atoms with E-state index in [1.54, 1.807) is 6.92 Å². The molecule has 17 heteroatoms. The lowest BCUT2D eigenvalue weighted by molar-refractivity contribution is -0.0925. The number of phosphoric acid groups is 1. The molecule has 38 heavy (non-hydrogen) atoms. The second kappa shape index (κ2) is 8.81. The molecule has 3 aliphatic heterocycles. The van der Waals surface area contributed by atoms with Crippen molar-refractivity contribution in [2.75, 3.05) is 18.9 Å². The van der Waals surface area contributed by atoms with Crippen molar-refractivity contribution in [3.05, 3.63) is 52.1 Å². The SMILES string of the molecule is C[C@@]12OC(=O)O[C@@H]1[C@@H](CO[P@]1(=O)OCC[C@@H](c3cc(F)cc(F)c3)O1)O[C@H]2n1cnc2c(=O)[nH]c(N)nc21. The Morgan fingerprint density at radius 1 is 1.29 bits per heavy atom. The number of hydrogen-bond donors (Lipinski definition) is 2. The molecule has 1 aromatic carbocycles. The van der Waals surface area contributed by atoms with Crippen LogP contribution in [-0.2, 0) is 32.3 Å². The maximum Gasteiger partial charge on any atom is 0.509 e. The van der Waals surface area contributed by atoms with Crippen LogP contribution in [0.4, 0.5) is 19.5 Å². The standard InChI is InChI=1S/C21H20F2N5O9P/c1-21-15(35-20(30)36-21)13(34-18(21)28-8-25-14-16(28)26-19(24)27-17(14)29)7-33-38(31)32-3-2-12(37-38)9-4-10(22)6-11(23)5-9/h4-6,8,12-13,15,18H,2-3,7H2,1H3,(H3,24,26,27,29)/t12-,13+,15+,18+,21+,38-/m0/s1. The monoisotopic (exact) mass is 555 g/mol. The average Bonchev–Trinajstić information content (AvgIpc) is 3.46. The van der Waals surface area contributed by atoms with Crippen molar-refractivity contribution in [2.24, 2.45) is 0 Å². The third-order valence-corrected chi connectivity index (χ3v) is 7.94. The molecule has 14 nitrogen and oxygen atoms in total. The van der Waals surface area contributed by atoms with Gasteiger partial charge in [0.1, 0.15) is 17.7 Å². The van der Waals surface area contributed by atoms with Crippen molar-refractivity contribution in [2.45, 2.75) is 43.5 Å². The molecule has 6 atom stereocenters. The lowest BCUT2D eigenvalue weighted by Gasteiger charge is -2.30. The van der Waals surface area contributed by atoms with Gasteiger partial charge in [-0.15, -0.1) is 0 Å². The fraction of sp³-hybridized carbons (Fsp3) is 0.429. The number of rotatable bonds is 5. The van der Waals surface area contributed by atoms with Gasteiger partial charge in [0, 0.05) is 12.5 Å². The molecule has 2 aromatic heterocycles. The van der Waals surface area contributed by atoms with Gasteiger partial charge in [-0.05, 0) is 24.6 Å². The quantitative estimate of drug-likeness (QED) is 0.348. The molecular weight excluding hydrogens is 535 g/mol. The Balaban J connectivity index is 1.24. The van der Waals surface area contributed by atoms with Crippen molar-refractivity contribution in [3.63, 3.8) is 0 Å². The predicted octanol–water partition coefficient (Wildman–Crippen LogP) is 2.47. The highest BCUT2D eigenvalue weighted by Gasteiger charge is 2.64. The summed E-state index contributed by atoms with van der Waals surface area (Å²) in [6, 6.07) is 2.84. The lowest BCUT2D eigenvalue weighted by atomic mass is 9.96. The number of carbonyl (C=O) groups excluding carboxylic acids is 1. The number of nitrogen functional groups attached to an aromatic ring is 1. The first-order valence-corrected chi connectivity index (χ1v) is 12.8. The Morgan fingerprint density at radius 2 is 2.05 bits per heavy atom. The summed E-state index contributed by atoms with van der Waals surface area (Å²) >= 11 is 0. The molecule has 3 aromatic rings. The average molecular weight is 555 g/mol. The molecule has 5 heterocycles. The van der Waals surface area contributed by atoms with Gasteiger partial charge in [0.15, 0.2) is 29.1 Å². The van der Waals surface area contributed by atoms with Gasteiger partial charge >= 0.3 is 14.0 Å². The predicted molar refractivity (Wildman–Crippen MR) is 121 cm³/mol. The minimum Gasteiger partial charge on any atom is -0.424 e. The molecule has 3 N–H and O–H groups in total. The van der Waals surface area contributed by atoms with E-state index in [2.05, 4.69) is 15.0 Å². The summed E-state index contributed by atoms with van der Waals surface area (Å²) in [5.41, 5.74) is 3.84. The van der Waals surface area contributed by atoms with Gasteiger partial charge in [0.05, 0.1) is 25.6 Å². The second-order valence-corrected chi connectivity index (χ2v) is 10.7. The normalized spacial score (nSPS) is 32.8. The van der Waals surface area contributed by atoms with Gasteiger partial charge in [-0.2, -0.15) is 4.98 Å². The van der Waals surface area contributed by atoms with Crippen LogP contribution in [0.2, 0.25) is 0 Å². The molecule has 0 aliphatic carbocycles. The Kier molecular flexibility index (Phi) is 5.77. The van der Waals surface area contributed by atoms with Gasteiger partial charge in [0.25, 0.3) is 5.56 Å². The Morgan fingerprint density at radius 3 is 2.82 bits per heavy atom. The summed E-state index contributed by atoms with van der Waals surface area (Å²) in [6.07, 6.45) is -3.67. The molecular formula is C21H20F2N5O9P. The van der Waals surface area contributed by atoms with E-state index < -0.39 is 67.9 Å². The number of halogens is 2. The smallest absolute Gasteiger partial charge is 0.424 e. The van der Waals surface area contributed by atoms with Crippen LogP contribution in [0.1, 0.15) is 31.2 Å². The summed E-state index contributed by atoms with van der Waals surface area (Å²) in [7, 11) is -4.22. The number of aromatic nitrogens is 4. The van der Waals surface area contributed by atoms with Crippen LogP contribution in [0.25, 0.3) is 11.2 Å². The Labute approximate surface area is 211 Å². The van der Waals surface area contributed by atoms with Crippen LogP contribution < -0.4 is 11.3 Å². The number of imidazole rings is 1. The minimum absolute atomic E-state index is 0.0267. The van der Waals surface area contributed by atoms with Crippen LogP contribution in [0.15, 0.2) is 29.3 Å². The van der Waals surface area contributed by atoms with E-state index in [0.29, 0.717) is 6.07 Å². The van der Waals surface area contributed by atoms with Gasteiger partial charge in [-0.3, -0.25) is 27.9 Å². The fourth-order valence-corrected chi connectivity index (χ4v) is 6.20. The molecule has 3 fully saturated rings. The van der Waals surface area contributed by atoms with Crippen LogP contribution >= 0.6 is 7.82 Å². The zero-order valence-corrected chi connectivity index (χ0v) is 20.4. The number of benzene rings is 1. The van der Waals surface area contributed by atoms with Crippen LogP contribution in [-0.4, -0.2) is 56.7 Å². The van der Waals surface area contributed by atoms with Crippen molar-refractivity contribution in [3.8, 4) is 0 Å². The van der Waals surface area contributed by atoms with Gasteiger partial charge in [-0.25, -0.2) is 23.1 Å². The first-order valence-electron chi connectivity index (χ1n) is 11.4. The van der Waals surface area contributed by atoms with E-state index >= 15 is 0 Å². The van der Waals surface area contributed by atoms with Crippen LogP contribution in [0, 0.1) is 11.6 Å². The van der Waals surface area contributed by atoms with E-state index in [1.165, 1.54) is 10.9 Å². The zero-order valence-electron chi connectivity index (χ0n) is 19.5. The topological polar surface area (TPSA) is 179 Å². The molecule has 0 radical (unpaired) electrons. The van der Waals surface area contributed by atoms with Crippen LogP contribution in [0.3, 0.4) is 0 Å². The largest absolute Gasteiger partial charge is 0.509 e. The van der Waals surface area contributed by atoms with Crippen molar-refractivity contribution in [1.29, 1.82) is 0 Å². The maximum atomic E-state index is 13.7. The first-order chi connectivity index (χ1) is 18.0. The molecule has 202 valence electrons. The van der Waals surface area contributed by atoms with E-state index in [1.807, 2.05) is 0 Å². The highest BCUT2D eigenvalue weighted by molar-refractivity contribution is 7.48. The van der Waals surface area contributed by atoms with Gasteiger partial charge in [0.2, 0.25) is 5.95 Å². The fourth-order valence-electron chi connectivity index (χ4n) is 4.80. The number of H-pyrrole nitrogens is 1. The van der Waals surface area contributed by atoms with Crippen LogP contribution in [0.5, 0.6) is 0 Å². The van der Waals surface area contributed by atoms with Gasteiger partial charge < -0.3 is 19.9 Å². The summed E-state index contributed by atoms with van der Waals surface area (Å²) in [5, 5.41) is 0. The number of ether oxygens (including phenoxy) is 3. The number of nitrogens with one attached hydrogen (secondary N) is 1. The molecule has 0 unspecified atom stereocenters. The number of carbonyl (C=O) groups is 1. The van der Waals surface area contributed by atoms with Crippen molar-refractivity contribution >= 4 is 31.1 Å². The number of anilines is 1. The summed E-state index contributed by atoms with van der Waals surface area (Å²) < 4.78 is 74.9. The summed E-state index contributed by atoms with van der Waals surface area (Å²) in [6.45, 7) is 1.02. The Bertz CT molecular complexity index is 1530. The first kappa shape index (κ1) is 24.9. The summed E-state index contributed by atoms with van der Waals surface area (Å²) in [5.74, 6) is -1.80. The summed E-state index contributed by atoms with van der Waals surface area (Å²) in [4.78, 5) is 34.8. The third kappa shape index (κ3) is 4.14. The molecule has 6 rings (SSSR count). The number of hydrogen-bond acceptors (Lipinski definition) is 12. The van der Waals surface area contributed by atoms with Crippen molar-refractivity contribution in [1.82, 2.24) is 19.5 Å². The third-order valence-electron chi connectivity index (χ3n) is 6.47. The molecule has 0 amide bonds. The molecule has 0 bridgehead atoms. The van der Waals surface area contributed by atoms with E-state index in [-0.39, 0.29) is 35.7 Å². The van der Waals surface area contributed by atoms with E-state index in [9.17, 15) is 22.9 Å².